The second kappa shape index (κ2) is 17.4. The normalized spacial score (nSPS) is 48.6. The summed E-state index contributed by atoms with van der Waals surface area (Å²) in [7, 11) is 0. The third-order valence-electron chi connectivity index (χ3n) is 16.0. The van der Waals surface area contributed by atoms with E-state index < -0.39 is 65.9 Å². The van der Waals surface area contributed by atoms with Crippen molar-refractivity contribution >= 4 is 11.8 Å². The number of fused-ring (bicyclic) bond motifs is 4. The van der Waals surface area contributed by atoms with E-state index in [9.17, 15) is 30.0 Å². The number of carbonyl (C=O) groups is 2. The number of nitrogens with two attached hydrogens (primary N) is 3. The highest BCUT2D eigenvalue weighted by Crippen LogP contribution is 2.59. The Balaban J connectivity index is 1.39. The highest BCUT2D eigenvalue weighted by Gasteiger charge is 2.66. The molecule has 13 heteroatoms. The molecule has 5 heterocycles. The van der Waals surface area contributed by atoms with Gasteiger partial charge in [0.15, 0.2) is 0 Å². The summed E-state index contributed by atoms with van der Waals surface area (Å²) in [5.41, 5.74) is 12.9. The number of allylic oxidation sites excluding steroid dienone is 1. The zero-order chi connectivity index (χ0) is 39.2. The fraction of sp³-hybridized carbons (Fsp3) is 0.905. The Morgan fingerprint density at radius 2 is 1.85 bits per heavy atom. The average Bonchev–Trinajstić information content (AvgIpc) is 3.16. The van der Waals surface area contributed by atoms with Gasteiger partial charge in [0.05, 0.1) is 55.8 Å². The van der Waals surface area contributed by atoms with E-state index in [1.165, 1.54) is 0 Å². The zero-order valence-corrected chi connectivity index (χ0v) is 33.3. The van der Waals surface area contributed by atoms with Gasteiger partial charge in [0.25, 0.3) is 0 Å². The predicted octanol–water partition coefficient (Wildman–Crippen LogP) is 0.699. The molecule has 0 aromatic rings. The summed E-state index contributed by atoms with van der Waals surface area (Å²) < 4.78 is 20.9. The van der Waals surface area contributed by atoms with Crippen molar-refractivity contribution in [1.29, 1.82) is 0 Å². The molecular weight excluding hydrogens is 704 g/mol. The lowest BCUT2D eigenvalue weighted by molar-refractivity contribution is -0.703. The van der Waals surface area contributed by atoms with E-state index >= 15 is 0 Å². The molecule has 19 atom stereocenters. The van der Waals surface area contributed by atoms with Gasteiger partial charge in [0, 0.05) is 42.8 Å². The first-order valence-corrected chi connectivity index (χ1v) is 21.7. The standard InChI is InChI=1S/C42H70N4O9/c1-4-21(2)41(52)54-32-17-29-37(51)35-31(50)16-26(19-47)53-39(35)36-34(30(20-48)23-6-5-7-25(49)15-23)27-12-13-45-40(44)28(27)10-9-24(42(32,3)55-38(29)36)14-22-8-11-33(43)46-18-22/h4,22-30,32-40,45-49,51H,5-20,43-44H2,1-3H3/p+1/t22?,23?,24-,25?,26?,27?,28?,29?,30+,32-,33?,34+,35?,36?,37?,38?,39?,40?,42-/m0/s1. The highest BCUT2D eigenvalue weighted by atomic mass is 16.6. The van der Waals surface area contributed by atoms with E-state index in [4.69, 9.17) is 25.7 Å². The fourth-order valence-corrected chi connectivity index (χ4v) is 12.9. The minimum absolute atomic E-state index is 0.00417. The molecule has 7 aliphatic rings. The lowest BCUT2D eigenvalue weighted by atomic mass is 9.51. The Labute approximate surface area is 327 Å². The lowest BCUT2D eigenvalue weighted by Crippen LogP contribution is -2.95. The molecular formula is C42H71N4O9+. The summed E-state index contributed by atoms with van der Waals surface area (Å²) in [6.07, 6.45) is 5.83. The monoisotopic (exact) mass is 776 g/mol. The molecule has 0 aromatic carbocycles. The van der Waals surface area contributed by atoms with E-state index in [1.54, 1.807) is 13.0 Å². The van der Waals surface area contributed by atoms with Crippen LogP contribution < -0.4 is 22.1 Å². The van der Waals surface area contributed by atoms with E-state index in [0.29, 0.717) is 30.9 Å². The number of aliphatic hydroxyl groups is 4. The van der Waals surface area contributed by atoms with Gasteiger partial charge < -0.3 is 51.0 Å². The van der Waals surface area contributed by atoms with Gasteiger partial charge in [-0.05, 0) is 121 Å². The second-order valence-corrected chi connectivity index (χ2v) is 18.9. The van der Waals surface area contributed by atoms with E-state index in [0.717, 1.165) is 64.3 Å². The molecule has 312 valence electrons. The molecule has 5 aliphatic heterocycles. The molecule has 0 amide bonds. The number of rotatable bonds is 8. The topological polar surface area (TPSA) is 223 Å². The van der Waals surface area contributed by atoms with Crippen molar-refractivity contribution in [1.82, 2.24) is 5.32 Å². The summed E-state index contributed by atoms with van der Waals surface area (Å²) in [6.45, 7) is 6.86. The van der Waals surface area contributed by atoms with Crippen molar-refractivity contribution < 1.29 is 49.5 Å². The minimum Gasteiger partial charge on any atom is -0.456 e. The predicted molar refractivity (Wildman–Crippen MR) is 203 cm³/mol. The molecule has 7 fully saturated rings. The number of Topliss-reactive ketones (excluding diaryl/α,β-unsaturated/α-hetero) is 1. The van der Waals surface area contributed by atoms with Crippen LogP contribution in [-0.4, -0.2) is 113 Å². The Hall–Kier alpha value is -1.52. The SMILES string of the molecule is CC=C(C)C(=O)O[C@H]1CC2C(O)C3C(=O)CC(CO)OC3C3C2O[C@@]1(C)[C@H](CC1CCC(N)[NH2+]C1)CCC1C(N)NCCC1[C@@H]3[C@H](CO)C1CCCC(O)C1. The number of ketones is 1. The van der Waals surface area contributed by atoms with Crippen LogP contribution in [-0.2, 0) is 23.8 Å². The van der Waals surface area contributed by atoms with Gasteiger partial charge >= 0.3 is 5.97 Å². The van der Waals surface area contributed by atoms with Gasteiger partial charge in [-0.15, -0.1) is 0 Å². The maximum atomic E-state index is 14.2. The van der Waals surface area contributed by atoms with Gasteiger partial charge in [-0.1, -0.05) is 12.5 Å². The second-order valence-electron chi connectivity index (χ2n) is 18.9. The van der Waals surface area contributed by atoms with Crippen molar-refractivity contribution in [2.24, 2.45) is 70.6 Å². The van der Waals surface area contributed by atoms with Crippen LogP contribution in [0.25, 0.3) is 0 Å². The molecule has 2 aliphatic carbocycles. The number of aliphatic hydroxyl groups excluding tert-OH is 4. The third-order valence-corrected chi connectivity index (χ3v) is 16.0. The molecule has 2 saturated carbocycles. The molecule has 13 nitrogen and oxygen atoms in total. The van der Waals surface area contributed by atoms with Crippen LogP contribution in [0, 0.1) is 59.2 Å². The van der Waals surface area contributed by atoms with Crippen LogP contribution in [0.2, 0.25) is 0 Å². The molecule has 0 aromatic heterocycles. The first-order valence-electron chi connectivity index (χ1n) is 21.7. The first-order chi connectivity index (χ1) is 26.4. The van der Waals surface area contributed by atoms with Gasteiger partial charge in [-0.25, -0.2) is 4.79 Å². The molecule has 2 bridgehead atoms. The Bertz CT molecular complexity index is 1380. The van der Waals surface area contributed by atoms with Gasteiger partial charge in [0.2, 0.25) is 0 Å². The Kier molecular flexibility index (Phi) is 13.1. The molecule has 14 unspecified atom stereocenters. The van der Waals surface area contributed by atoms with Gasteiger partial charge in [-0.3, -0.25) is 10.5 Å². The van der Waals surface area contributed by atoms with Gasteiger partial charge in [-0.2, -0.15) is 0 Å². The summed E-state index contributed by atoms with van der Waals surface area (Å²) in [6, 6.07) is 0. The molecule has 7 rings (SSSR count). The number of piperidine rings is 2. The number of nitrogens with one attached hydrogen (secondary N) is 1. The molecule has 11 N–H and O–H groups in total. The van der Waals surface area contributed by atoms with Crippen molar-refractivity contribution in [2.45, 2.75) is 152 Å². The van der Waals surface area contributed by atoms with Crippen LogP contribution in [0.15, 0.2) is 11.6 Å². The fourth-order valence-electron chi connectivity index (χ4n) is 12.9. The zero-order valence-electron chi connectivity index (χ0n) is 33.3. The number of hydrogen-bond donors (Lipinski definition) is 8. The first kappa shape index (κ1) is 41.6. The number of quaternary nitrogens is 1. The van der Waals surface area contributed by atoms with Crippen molar-refractivity contribution in [2.75, 3.05) is 26.3 Å². The quantitative estimate of drug-likeness (QED) is 0.126. The van der Waals surface area contributed by atoms with E-state index in [1.807, 2.05) is 6.92 Å². The maximum Gasteiger partial charge on any atom is 0.333 e. The third kappa shape index (κ3) is 8.10. The van der Waals surface area contributed by atoms with Crippen molar-refractivity contribution in [3.05, 3.63) is 11.6 Å². The largest absolute Gasteiger partial charge is 0.456 e. The molecule has 5 saturated heterocycles. The molecule has 0 spiro atoms. The molecule has 0 radical (unpaired) electrons. The number of carbonyl (C=O) groups excluding carboxylic acids is 2. The van der Waals surface area contributed by atoms with Crippen LogP contribution >= 0.6 is 0 Å². The van der Waals surface area contributed by atoms with Gasteiger partial charge in [0.1, 0.15) is 23.7 Å². The number of hydrogen-bond acceptors (Lipinski definition) is 12. The Morgan fingerprint density at radius 3 is 2.55 bits per heavy atom. The summed E-state index contributed by atoms with van der Waals surface area (Å²) in [5, 5.41) is 51.2. The van der Waals surface area contributed by atoms with Crippen LogP contribution in [0.5, 0.6) is 0 Å². The summed E-state index contributed by atoms with van der Waals surface area (Å²) in [5.74, 6) is -2.35. The number of esters is 1. The maximum absolute atomic E-state index is 14.2. The van der Waals surface area contributed by atoms with Crippen LogP contribution in [0.1, 0.15) is 97.8 Å². The highest BCUT2D eigenvalue weighted by molar-refractivity contribution is 5.87. The van der Waals surface area contributed by atoms with Crippen LogP contribution in [0.4, 0.5) is 0 Å². The smallest absolute Gasteiger partial charge is 0.333 e. The average molecular weight is 776 g/mol. The number of ether oxygens (including phenoxy) is 3. The minimum atomic E-state index is -1.11. The summed E-state index contributed by atoms with van der Waals surface area (Å²) in [4.78, 5) is 27.9. The van der Waals surface area contributed by atoms with Crippen molar-refractivity contribution in [3.8, 4) is 0 Å². The molecule has 55 heavy (non-hydrogen) atoms. The Morgan fingerprint density at radius 1 is 1.05 bits per heavy atom. The van der Waals surface area contributed by atoms with E-state index in [-0.39, 0.29) is 73.3 Å². The summed E-state index contributed by atoms with van der Waals surface area (Å²) >= 11 is 0. The lowest BCUT2D eigenvalue weighted by Gasteiger charge is -2.63. The van der Waals surface area contributed by atoms with E-state index in [2.05, 4.69) is 17.6 Å². The van der Waals surface area contributed by atoms with Crippen molar-refractivity contribution in [3.63, 3.8) is 0 Å². The van der Waals surface area contributed by atoms with Crippen LogP contribution in [0.3, 0.4) is 0 Å².